The topological polar surface area (TPSA) is 66.0 Å². The first-order chi connectivity index (χ1) is 9.61. The van der Waals surface area contributed by atoms with Crippen molar-refractivity contribution >= 4 is 11.6 Å². The minimum absolute atomic E-state index is 0.341. The molecule has 2 rings (SSSR count). The summed E-state index contributed by atoms with van der Waals surface area (Å²) in [5.41, 5.74) is 6.51. The molecule has 0 unspecified atom stereocenters. The van der Waals surface area contributed by atoms with Crippen LogP contribution in [0.15, 0.2) is 24.5 Å². The van der Waals surface area contributed by atoms with Crippen LogP contribution in [0.4, 0.5) is 0 Å². The molecule has 0 bridgehead atoms. The highest BCUT2D eigenvalue weighted by atomic mass is 35.5. The molecule has 0 amide bonds. The first-order valence-corrected chi connectivity index (χ1v) is 6.96. The summed E-state index contributed by atoms with van der Waals surface area (Å²) in [5.74, 6) is 1.99. The maximum atomic E-state index is 6.10. The maximum absolute atomic E-state index is 6.10. The van der Waals surface area contributed by atoms with Crippen LogP contribution < -0.4 is 10.5 Å². The molecule has 1 heterocycles. The summed E-state index contributed by atoms with van der Waals surface area (Å²) in [7, 11) is 0. The number of aromatic nitrogens is 3. The van der Waals surface area contributed by atoms with Gasteiger partial charge in [0.2, 0.25) is 0 Å². The molecule has 2 aromatic rings. The lowest BCUT2D eigenvalue weighted by Crippen LogP contribution is -2.13. The minimum Gasteiger partial charge on any atom is -0.485 e. The van der Waals surface area contributed by atoms with Crippen LogP contribution >= 0.6 is 11.6 Å². The van der Waals surface area contributed by atoms with Gasteiger partial charge in [0, 0.05) is 23.7 Å². The molecule has 1 aromatic carbocycles. The number of hydrogen-bond acceptors (Lipinski definition) is 4. The molecule has 0 spiro atoms. The fraction of sp³-hybridized carbons (Fsp3) is 0.429. The van der Waals surface area contributed by atoms with Crippen molar-refractivity contribution in [2.24, 2.45) is 11.7 Å². The lowest BCUT2D eigenvalue weighted by Gasteiger charge is -2.12. The molecule has 0 fully saturated rings. The summed E-state index contributed by atoms with van der Waals surface area (Å²) >= 11 is 6.10. The molecule has 108 valence electrons. The molecule has 2 N–H and O–H groups in total. The molecule has 20 heavy (non-hydrogen) atoms. The summed E-state index contributed by atoms with van der Waals surface area (Å²) in [6.45, 7) is 5.78. The average molecular weight is 295 g/mol. The zero-order chi connectivity index (χ0) is 14.5. The van der Waals surface area contributed by atoms with Crippen LogP contribution in [0.25, 0.3) is 0 Å². The Balaban J connectivity index is 2.09. The van der Waals surface area contributed by atoms with Crippen LogP contribution in [0.3, 0.4) is 0 Å². The van der Waals surface area contributed by atoms with Crippen molar-refractivity contribution in [1.82, 2.24) is 14.8 Å². The van der Waals surface area contributed by atoms with Crippen molar-refractivity contribution in [3.05, 3.63) is 40.9 Å². The van der Waals surface area contributed by atoms with Crippen LogP contribution in [0.2, 0.25) is 5.02 Å². The highest BCUT2D eigenvalue weighted by molar-refractivity contribution is 6.31. The van der Waals surface area contributed by atoms with E-state index in [1.807, 2.05) is 16.8 Å². The zero-order valence-electron chi connectivity index (χ0n) is 11.7. The number of halogens is 1. The Kier molecular flexibility index (Phi) is 4.98. The van der Waals surface area contributed by atoms with E-state index < -0.39 is 0 Å². The molecule has 1 aromatic heterocycles. The smallest absolute Gasteiger partial charge is 0.164 e. The summed E-state index contributed by atoms with van der Waals surface area (Å²) < 4.78 is 7.65. The number of benzene rings is 1. The molecule has 0 saturated heterocycles. The molecule has 0 aliphatic carbocycles. The number of rotatable bonds is 6. The first kappa shape index (κ1) is 14.8. The van der Waals surface area contributed by atoms with E-state index in [0.717, 1.165) is 17.9 Å². The lowest BCUT2D eigenvalue weighted by molar-refractivity contribution is 0.280. The molecule has 0 aliphatic rings. The quantitative estimate of drug-likeness (QED) is 0.889. The molecule has 5 nitrogen and oxygen atoms in total. The van der Waals surface area contributed by atoms with Crippen LogP contribution in [-0.4, -0.2) is 14.8 Å². The Morgan fingerprint density at radius 3 is 2.90 bits per heavy atom. The van der Waals surface area contributed by atoms with Crippen molar-refractivity contribution in [2.45, 2.75) is 33.5 Å². The van der Waals surface area contributed by atoms with Crippen LogP contribution in [-0.2, 0) is 19.7 Å². The monoisotopic (exact) mass is 294 g/mol. The predicted molar refractivity (Wildman–Crippen MR) is 78.5 cm³/mol. The van der Waals surface area contributed by atoms with Gasteiger partial charge in [-0.2, -0.15) is 5.10 Å². The number of nitrogens with two attached hydrogens (primary N) is 1. The van der Waals surface area contributed by atoms with Crippen molar-refractivity contribution in [3.8, 4) is 5.75 Å². The summed E-state index contributed by atoms with van der Waals surface area (Å²) in [5, 5.41) is 4.82. The van der Waals surface area contributed by atoms with Crippen LogP contribution in [0, 0.1) is 5.92 Å². The van der Waals surface area contributed by atoms with Gasteiger partial charge in [0.1, 0.15) is 18.7 Å². The summed E-state index contributed by atoms with van der Waals surface area (Å²) in [4.78, 5) is 4.22. The molecular formula is C14H19ClN4O. The van der Waals surface area contributed by atoms with Gasteiger partial charge in [0.15, 0.2) is 5.82 Å². The van der Waals surface area contributed by atoms with Gasteiger partial charge in [0.25, 0.3) is 0 Å². The van der Waals surface area contributed by atoms with Gasteiger partial charge >= 0.3 is 0 Å². The van der Waals surface area contributed by atoms with Crippen molar-refractivity contribution in [1.29, 1.82) is 0 Å². The molecule has 0 atom stereocenters. The van der Waals surface area contributed by atoms with Gasteiger partial charge in [-0.05, 0) is 18.1 Å². The number of nitrogens with zero attached hydrogens (tertiary/aromatic N) is 3. The Labute approximate surface area is 123 Å². The van der Waals surface area contributed by atoms with Crippen molar-refractivity contribution < 1.29 is 4.74 Å². The average Bonchev–Trinajstić information content (AvgIpc) is 2.83. The SMILES string of the molecule is CC(C)Cn1ncnc1COc1cccc(Cl)c1CN. The maximum Gasteiger partial charge on any atom is 0.164 e. The van der Waals surface area contributed by atoms with Gasteiger partial charge in [-0.3, -0.25) is 0 Å². The second-order valence-corrected chi connectivity index (χ2v) is 5.37. The molecule has 0 saturated carbocycles. The van der Waals surface area contributed by atoms with Crippen LogP contribution in [0.1, 0.15) is 25.2 Å². The highest BCUT2D eigenvalue weighted by Crippen LogP contribution is 2.26. The van der Waals surface area contributed by atoms with E-state index in [1.165, 1.54) is 0 Å². The van der Waals surface area contributed by atoms with E-state index >= 15 is 0 Å². The minimum atomic E-state index is 0.341. The van der Waals surface area contributed by atoms with Crippen LogP contribution in [0.5, 0.6) is 5.75 Å². The second kappa shape index (κ2) is 6.72. The Hall–Kier alpha value is -1.59. The highest BCUT2D eigenvalue weighted by Gasteiger charge is 2.10. The van der Waals surface area contributed by atoms with Gasteiger partial charge in [-0.15, -0.1) is 0 Å². The second-order valence-electron chi connectivity index (χ2n) is 4.96. The Morgan fingerprint density at radius 1 is 1.40 bits per heavy atom. The fourth-order valence-electron chi connectivity index (χ4n) is 1.91. The third kappa shape index (κ3) is 3.49. The molecule has 6 heteroatoms. The predicted octanol–water partition coefficient (Wildman–Crippen LogP) is 2.63. The van der Waals surface area contributed by atoms with Gasteiger partial charge in [0.05, 0.1) is 0 Å². The molecule has 0 aliphatic heterocycles. The van der Waals surface area contributed by atoms with E-state index in [-0.39, 0.29) is 0 Å². The third-order valence-corrected chi connectivity index (χ3v) is 3.22. The zero-order valence-corrected chi connectivity index (χ0v) is 12.5. The standard InChI is InChI=1S/C14H19ClN4O/c1-10(2)7-19-14(17-9-18-19)8-20-13-5-3-4-12(15)11(13)6-16/h3-5,9-10H,6-8,16H2,1-2H3. The van der Waals surface area contributed by atoms with E-state index in [0.29, 0.717) is 29.8 Å². The summed E-state index contributed by atoms with van der Waals surface area (Å²) in [6.07, 6.45) is 1.54. The Bertz CT molecular complexity index is 568. The van der Waals surface area contributed by atoms with E-state index in [2.05, 4.69) is 23.9 Å². The first-order valence-electron chi connectivity index (χ1n) is 6.58. The molecule has 0 radical (unpaired) electrons. The van der Waals surface area contributed by atoms with Crippen molar-refractivity contribution in [3.63, 3.8) is 0 Å². The molecular weight excluding hydrogens is 276 g/mol. The number of ether oxygens (including phenoxy) is 1. The summed E-state index contributed by atoms with van der Waals surface area (Å²) in [6, 6.07) is 5.50. The van der Waals surface area contributed by atoms with Gasteiger partial charge in [-0.1, -0.05) is 31.5 Å². The van der Waals surface area contributed by atoms with Crippen molar-refractivity contribution in [2.75, 3.05) is 0 Å². The van der Waals surface area contributed by atoms with Gasteiger partial charge < -0.3 is 10.5 Å². The van der Waals surface area contributed by atoms with E-state index in [1.54, 1.807) is 12.4 Å². The number of hydrogen-bond donors (Lipinski definition) is 1. The fourth-order valence-corrected chi connectivity index (χ4v) is 2.16. The largest absolute Gasteiger partial charge is 0.485 e. The van der Waals surface area contributed by atoms with E-state index in [9.17, 15) is 0 Å². The third-order valence-electron chi connectivity index (χ3n) is 2.87. The Morgan fingerprint density at radius 2 is 2.20 bits per heavy atom. The normalized spacial score (nSPS) is 11.1. The van der Waals surface area contributed by atoms with E-state index in [4.69, 9.17) is 22.1 Å². The van der Waals surface area contributed by atoms with Gasteiger partial charge in [-0.25, -0.2) is 9.67 Å². The lowest BCUT2D eigenvalue weighted by atomic mass is 10.2.